The molecular weight excluding hydrogens is 435 g/mol. The van der Waals surface area contributed by atoms with Gasteiger partial charge in [-0.05, 0) is 42.7 Å². The van der Waals surface area contributed by atoms with E-state index >= 15 is 0 Å². The molecule has 3 fully saturated rings. The minimum atomic E-state index is -5.08. The Balaban J connectivity index is 0.000000339. The number of thiophene rings is 1. The zero-order valence-corrected chi connectivity index (χ0v) is 18.5. The molecule has 3 saturated heterocycles. The van der Waals surface area contributed by atoms with E-state index in [1.165, 1.54) is 10.4 Å². The van der Waals surface area contributed by atoms with Crippen molar-refractivity contribution in [1.29, 1.82) is 0 Å². The molecule has 0 amide bonds. The summed E-state index contributed by atoms with van der Waals surface area (Å²) in [6.07, 6.45) is -2.78. The lowest BCUT2D eigenvalue weighted by molar-refractivity contribution is -0.192. The number of hydrogen-bond donors (Lipinski definition) is 1. The third kappa shape index (κ3) is 6.64. The highest BCUT2D eigenvalue weighted by Crippen LogP contribution is 2.42. The third-order valence-corrected chi connectivity index (χ3v) is 7.26. The van der Waals surface area contributed by atoms with E-state index in [0.717, 1.165) is 72.1 Å². The van der Waals surface area contributed by atoms with Gasteiger partial charge in [0.2, 0.25) is 0 Å². The summed E-state index contributed by atoms with van der Waals surface area (Å²) in [5, 5.41) is 9.33. The van der Waals surface area contributed by atoms with E-state index in [-0.39, 0.29) is 5.41 Å². The predicted molar refractivity (Wildman–Crippen MR) is 109 cm³/mol. The van der Waals surface area contributed by atoms with E-state index < -0.39 is 12.1 Å². The molecule has 0 aliphatic carbocycles. The number of carboxylic acids is 1. The molecule has 3 aliphatic rings. The predicted octanol–water partition coefficient (Wildman–Crippen LogP) is 3.58. The van der Waals surface area contributed by atoms with Crippen LogP contribution in [0.1, 0.15) is 23.3 Å². The number of carboxylic acid groups (broad SMARTS) is 1. The fraction of sp³-hybridized carbons (Fsp3) is 0.762. The van der Waals surface area contributed by atoms with Crippen molar-refractivity contribution in [2.24, 2.45) is 17.3 Å². The van der Waals surface area contributed by atoms with Gasteiger partial charge in [-0.25, -0.2) is 4.79 Å². The molecule has 0 spiro atoms. The van der Waals surface area contributed by atoms with E-state index in [1.54, 1.807) is 0 Å². The molecule has 1 N–H and O–H groups in total. The second-order valence-electron chi connectivity index (χ2n) is 8.64. The molecule has 6 nitrogen and oxygen atoms in total. The summed E-state index contributed by atoms with van der Waals surface area (Å²) < 4.78 is 49.2. The van der Waals surface area contributed by atoms with E-state index in [4.69, 9.17) is 24.1 Å². The second-order valence-corrected chi connectivity index (χ2v) is 9.65. The molecule has 4 rings (SSSR count). The summed E-state index contributed by atoms with van der Waals surface area (Å²) in [6, 6.07) is 2.23. The Labute approximate surface area is 184 Å². The Morgan fingerprint density at radius 2 is 2.06 bits per heavy atom. The smallest absolute Gasteiger partial charge is 0.475 e. The number of carbonyl (C=O) groups is 1. The first-order chi connectivity index (χ1) is 14.7. The van der Waals surface area contributed by atoms with Gasteiger partial charge in [0.15, 0.2) is 0 Å². The average molecular weight is 466 g/mol. The number of aryl methyl sites for hydroxylation is 1. The number of alkyl halides is 3. The number of ether oxygens (including phenoxy) is 3. The highest BCUT2D eigenvalue weighted by Gasteiger charge is 2.50. The van der Waals surface area contributed by atoms with Crippen LogP contribution in [0.2, 0.25) is 0 Å². The van der Waals surface area contributed by atoms with Crippen LogP contribution in [0.15, 0.2) is 11.4 Å². The molecule has 10 heteroatoms. The van der Waals surface area contributed by atoms with Crippen molar-refractivity contribution in [1.82, 2.24) is 4.90 Å². The van der Waals surface area contributed by atoms with Gasteiger partial charge in [-0.2, -0.15) is 13.2 Å². The van der Waals surface area contributed by atoms with Crippen LogP contribution >= 0.6 is 11.3 Å². The Morgan fingerprint density at radius 3 is 2.68 bits per heavy atom. The van der Waals surface area contributed by atoms with E-state index in [9.17, 15) is 13.2 Å². The van der Waals surface area contributed by atoms with Gasteiger partial charge in [-0.1, -0.05) is 0 Å². The lowest BCUT2D eigenvalue weighted by Crippen LogP contribution is -2.36. The average Bonchev–Trinajstić information content (AvgIpc) is 3.37. The molecule has 0 radical (unpaired) electrons. The minimum absolute atomic E-state index is 0.219. The summed E-state index contributed by atoms with van der Waals surface area (Å²) in [5.74, 6) is -1.44. The van der Waals surface area contributed by atoms with Gasteiger partial charge in [0.05, 0.1) is 19.8 Å². The lowest BCUT2D eigenvalue weighted by Gasteiger charge is -2.29. The van der Waals surface area contributed by atoms with Crippen LogP contribution in [0.4, 0.5) is 13.2 Å². The molecule has 1 aromatic heterocycles. The van der Waals surface area contributed by atoms with E-state index in [0.29, 0.717) is 11.8 Å². The van der Waals surface area contributed by atoms with Crippen LogP contribution in [0, 0.1) is 24.2 Å². The van der Waals surface area contributed by atoms with Crippen molar-refractivity contribution in [3.63, 3.8) is 0 Å². The summed E-state index contributed by atoms with van der Waals surface area (Å²) in [4.78, 5) is 13.0. The maximum Gasteiger partial charge on any atom is 0.490 e. The lowest BCUT2D eigenvalue weighted by atomic mass is 9.82. The van der Waals surface area contributed by atoms with Gasteiger partial charge in [0.25, 0.3) is 0 Å². The molecule has 2 atom stereocenters. The van der Waals surface area contributed by atoms with Crippen LogP contribution in [-0.2, 0) is 25.5 Å². The van der Waals surface area contributed by atoms with Gasteiger partial charge < -0.3 is 19.3 Å². The number of hydrogen-bond acceptors (Lipinski definition) is 6. The molecule has 0 aromatic carbocycles. The normalized spacial score (nSPS) is 27.0. The Morgan fingerprint density at radius 1 is 1.35 bits per heavy atom. The minimum Gasteiger partial charge on any atom is -0.475 e. The monoisotopic (exact) mass is 465 g/mol. The van der Waals surface area contributed by atoms with Crippen LogP contribution in [0.25, 0.3) is 0 Å². The van der Waals surface area contributed by atoms with Crippen molar-refractivity contribution in [3.05, 3.63) is 21.9 Å². The number of rotatable bonds is 6. The van der Waals surface area contributed by atoms with Gasteiger partial charge in [-0.3, -0.25) is 4.90 Å². The first-order valence-electron chi connectivity index (χ1n) is 10.5. The SMILES string of the molecule is Cc1ccsc1CN1C[C@@H]2COC[C@]2(COCC2CCOCC2)C1.O=C(O)C(F)(F)F. The molecule has 0 saturated carbocycles. The molecule has 1 aromatic rings. The molecule has 0 bridgehead atoms. The summed E-state index contributed by atoms with van der Waals surface area (Å²) in [5.41, 5.74) is 1.65. The number of nitrogens with zero attached hydrogens (tertiary/aromatic N) is 1. The fourth-order valence-electron chi connectivity index (χ4n) is 4.38. The number of likely N-dealkylation sites (tertiary alicyclic amines) is 1. The zero-order chi connectivity index (χ0) is 22.5. The maximum absolute atomic E-state index is 10.6. The van der Waals surface area contributed by atoms with Crippen LogP contribution in [0.5, 0.6) is 0 Å². The molecule has 31 heavy (non-hydrogen) atoms. The summed E-state index contributed by atoms with van der Waals surface area (Å²) in [7, 11) is 0. The molecular formula is C21H30F3NO5S. The van der Waals surface area contributed by atoms with Crippen molar-refractivity contribution < 1.29 is 37.3 Å². The van der Waals surface area contributed by atoms with Crippen molar-refractivity contribution in [3.8, 4) is 0 Å². The number of aliphatic carboxylic acids is 1. The topological polar surface area (TPSA) is 68.2 Å². The third-order valence-electron chi connectivity index (χ3n) is 6.25. The highest BCUT2D eigenvalue weighted by atomic mass is 32.1. The quantitative estimate of drug-likeness (QED) is 0.693. The van der Waals surface area contributed by atoms with Crippen molar-refractivity contribution in [2.75, 3.05) is 52.7 Å². The van der Waals surface area contributed by atoms with E-state index in [2.05, 4.69) is 23.3 Å². The maximum atomic E-state index is 10.6. The Kier molecular flexibility index (Phi) is 8.37. The standard InChI is InChI=1S/C19H29NO3S.C2HF3O2/c1-15-4-7-24-18(15)9-20-8-17-11-23-14-19(17,12-20)13-22-10-16-2-5-21-6-3-16;3-2(4,5)1(6)7/h4,7,16-17H,2-3,5-6,8-14H2,1H3;(H,6,7)/t17-,19-;/m1./s1. The zero-order valence-electron chi connectivity index (χ0n) is 17.7. The number of fused-ring (bicyclic) bond motifs is 1. The van der Waals surface area contributed by atoms with Crippen LogP contribution in [-0.4, -0.2) is 74.9 Å². The molecule has 0 unspecified atom stereocenters. The fourth-order valence-corrected chi connectivity index (χ4v) is 5.33. The first-order valence-corrected chi connectivity index (χ1v) is 11.4. The number of halogens is 3. The molecule has 3 aliphatic heterocycles. The van der Waals surface area contributed by atoms with E-state index in [1.807, 2.05) is 11.3 Å². The largest absolute Gasteiger partial charge is 0.490 e. The summed E-state index contributed by atoms with van der Waals surface area (Å²) >= 11 is 1.88. The van der Waals surface area contributed by atoms with Gasteiger partial charge in [0.1, 0.15) is 0 Å². The highest BCUT2D eigenvalue weighted by molar-refractivity contribution is 7.10. The van der Waals surface area contributed by atoms with Crippen LogP contribution < -0.4 is 0 Å². The first kappa shape index (κ1) is 24.4. The molecule has 176 valence electrons. The van der Waals surface area contributed by atoms with Crippen molar-refractivity contribution in [2.45, 2.75) is 32.5 Å². The Hall–Kier alpha value is -1.20. The molecule has 4 heterocycles. The van der Waals surface area contributed by atoms with Gasteiger partial charge >= 0.3 is 12.1 Å². The van der Waals surface area contributed by atoms with Crippen molar-refractivity contribution >= 4 is 17.3 Å². The Bertz CT molecular complexity index is 722. The van der Waals surface area contributed by atoms with Gasteiger partial charge in [0, 0.05) is 55.7 Å². The second kappa shape index (κ2) is 10.6. The summed E-state index contributed by atoms with van der Waals surface area (Å²) in [6.45, 7) is 10.9. The van der Waals surface area contributed by atoms with Gasteiger partial charge in [-0.15, -0.1) is 11.3 Å². The van der Waals surface area contributed by atoms with Crippen LogP contribution in [0.3, 0.4) is 0 Å².